The highest BCUT2D eigenvalue weighted by molar-refractivity contribution is 6.28. The van der Waals surface area contributed by atoms with Gasteiger partial charge in [0.25, 0.3) is 0 Å². The van der Waals surface area contributed by atoms with Gasteiger partial charge in [0, 0.05) is 18.7 Å². The molecule has 2 aliphatic heterocycles. The number of benzene rings is 1. The summed E-state index contributed by atoms with van der Waals surface area (Å²) in [5.41, 5.74) is 2.68. The standard InChI is InChI=1S/C16H15ClFN3O/c17-16-19-13-12(15(20-16)21-7-1-2-8-21)9-22-14(13)10-3-5-11(18)6-4-10/h3-6,14H,1-2,7-9H2. The van der Waals surface area contributed by atoms with Crippen LogP contribution in [0.25, 0.3) is 0 Å². The van der Waals surface area contributed by atoms with Crippen molar-refractivity contribution in [1.29, 1.82) is 0 Å². The largest absolute Gasteiger partial charge is 0.362 e. The summed E-state index contributed by atoms with van der Waals surface area (Å²) in [7, 11) is 0. The lowest BCUT2D eigenvalue weighted by Crippen LogP contribution is -2.21. The Bertz CT molecular complexity index is 701. The van der Waals surface area contributed by atoms with Crippen LogP contribution >= 0.6 is 11.6 Å². The normalized spacial score (nSPS) is 20.5. The van der Waals surface area contributed by atoms with Gasteiger partial charge in [-0.3, -0.25) is 0 Å². The molecule has 1 unspecified atom stereocenters. The summed E-state index contributed by atoms with van der Waals surface area (Å²) in [5, 5.41) is 0.235. The molecule has 0 amide bonds. The zero-order chi connectivity index (χ0) is 15.1. The molecule has 114 valence electrons. The maximum Gasteiger partial charge on any atom is 0.224 e. The van der Waals surface area contributed by atoms with Gasteiger partial charge in [0.2, 0.25) is 5.28 Å². The van der Waals surface area contributed by atoms with Crippen molar-refractivity contribution in [3.63, 3.8) is 0 Å². The van der Waals surface area contributed by atoms with E-state index >= 15 is 0 Å². The van der Waals surface area contributed by atoms with Gasteiger partial charge in [0.05, 0.1) is 12.3 Å². The van der Waals surface area contributed by atoms with Crippen molar-refractivity contribution in [2.75, 3.05) is 18.0 Å². The number of fused-ring (bicyclic) bond motifs is 1. The number of rotatable bonds is 2. The first-order valence-corrected chi connectivity index (χ1v) is 7.78. The van der Waals surface area contributed by atoms with Crippen LogP contribution in [0.3, 0.4) is 0 Å². The minimum absolute atomic E-state index is 0.235. The van der Waals surface area contributed by atoms with Gasteiger partial charge >= 0.3 is 0 Å². The minimum Gasteiger partial charge on any atom is -0.362 e. The van der Waals surface area contributed by atoms with Crippen LogP contribution in [0.2, 0.25) is 5.28 Å². The molecule has 6 heteroatoms. The summed E-state index contributed by atoms with van der Waals surface area (Å²) in [5.74, 6) is 0.623. The van der Waals surface area contributed by atoms with E-state index in [1.807, 2.05) is 0 Å². The fraction of sp³-hybridized carbons (Fsp3) is 0.375. The fourth-order valence-electron chi connectivity index (χ4n) is 3.14. The van der Waals surface area contributed by atoms with E-state index in [2.05, 4.69) is 14.9 Å². The van der Waals surface area contributed by atoms with Crippen molar-refractivity contribution >= 4 is 17.4 Å². The average Bonchev–Trinajstić information content (AvgIpc) is 3.16. The van der Waals surface area contributed by atoms with Crippen molar-refractivity contribution in [3.8, 4) is 0 Å². The summed E-state index contributed by atoms with van der Waals surface area (Å²) in [4.78, 5) is 11.0. The third-order valence-corrected chi connectivity index (χ3v) is 4.38. The highest BCUT2D eigenvalue weighted by atomic mass is 35.5. The third-order valence-electron chi connectivity index (χ3n) is 4.21. The van der Waals surface area contributed by atoms with Crippen LogP contribution in [0.1, 0.15) is 35.8 Å². The van der Waals surface area contributed by atoms with Crippen molar-refractivity contribution in [3.05, 3.63) is 52.2 Å². The predicted octanol–water partition coefficient (Wildman–Crippen LogP) is 3.49. The first kappa shape index (κ1) is 13.9. The Morgan fingerprint density at radius 2 is 1.86 bits per heavy atom. The van der Waals surface area contributed by atoms with Crippen LogP contribution in [-0.2, 0) is 11.3 Å². The van der Waals surface area contributed by atoms with E-state index in [4.69, 9.17) is 16.3 Å². The topological polar surface area (TPSA) is 38.3 Å². The quantitative estimate of drug-likeness (QED) is 0.794. The van der Waals surface area contributed by atoms with Gasteiger partial charge in [-0.05, 0) is 42.1 Å². The van der Waals surface area contributed by atoms with E-state index in [1.165, 1.54) is 25.0 Å². The fourth-order valence-corrected chi connectivity index (χ4v) is 3.32. The van der Waals surface area contributed by atoms with Gasteiger partial charge in [0.15, 0.2) is 0 Å². The van der Waals surface area contributed by atoms with Gasteiger partial charge in [-0.1, -0.05) is 12.1 Å². The molecule has 2 aliphatic rings. The van der Waals surface area contributed by atoms with Crippen LogP contribution in [0.15, 0.2) is 24.3 Å². The maximum atomic E-state index is 13.1. The van der Waals surface area contributed by atoms with Crippen molar-refractivity contribution in [2.24, 2.45) is 0 Å². The number of aromatic nitrogens is 2. The number of hydrogen-bond donors (Lipinski definition) is 0. The smallest absolute Gasteiger partial charge is 0.224 e. The number of nitrogens with zero attached hydrogens (tertiary/aromatic N) is 3. The number of ether oxygens (including phenoxy) is 1. The first-order valence-electron chi connectivity index (χ1n) is 7.41. The zero-order valence-electron chi connectivity index (χ0n) is 11.9. The molecule has 4 rings (SSSR count). The number of halogens is 2. The van der Waals surface area contributed by atoms with Crippen LogP contribution in [-0.4, -0.2) is 23.1 Å². The molecule has 4 nitrogen and oxygen atoms in total. The summed E-state index contributed by atoms with van der Waals surface area (Å²) < 4.78 is 19.0. The lowest BCUT2D eigenvalue weighted by Gasteiger charge is -2.19. The molecular weight excluding hydrogens is 305 g/mol. The predicted molar refractivity (Wildman–Crippen MR) is 81.5 cm³/mol. The van der Waals surface area contributed by atoms with Gasteiger partial charge < -0.3 is 9.64 Å². The summed E-state index contributed by atoms with van der Waals surface area (Å²) in [6.45, 7) is 2.43. The number of anilines is 1. The van der Waals surface area contributed by atoms with Gasteiger partial charge in [-0.25, -0.2) is 14.4 Å². The molecule has 1 atom stereocenters. The van der Waals surface area contributed by atoms with Crippen molar-refractivity contribution < 1.29 is 9.13 Å². The molecule has 1 aromatic heterocycles. The van der Waals surface area contributed by atoms with Gasteiger partial charge in [-0.2, -0.15) is 0 Å². The Labute approximate surface area is 132 Å². The maximum absolute atomic E-state index is 13.1. The second-order valence-corrected chi connectivity index (χ2v) is 5.95. The second kappa shape index (κ2) is 5.48. The van der Waals surface area contributed by atoms with Crippen LogP contribution in [0.4, 0.5) is 10.2 Å². The van der Waals surface area contributed by atoms with E-state index in [1.54, 1.807) is 12.1 Å². The Balaban J connectivity index is 1.76. The van der Waals surface area contributed by atoms with Crippen LogP contribution in [0.5, 0.6) is 0 Å². The second-order valence-electron chi connectivity index (χ2n) is 5.62. The summed E-state index contributed by atoms with van der Waals surface area (Å²) >= 11 is 6.12. The Kier molecular flexibility index (Phi) is 3.47. The minimum atomic E-state index is -0.308. The molecule has 0 radical (unpaired) electrons. The number of hydrogen-bond acceptors (Lipinski definition) is 4. The average molecular weight is 320 g/mol. The van der Waals surface area contributed by atoms with Crippen molar-refractivity contribution in [2.45, 2.75) is 25.6 Å². The molecule has 22 heavy (non-hydrogen) atoms. The lowest BCUT2D eigenvalue weighted by molar-refractivity contribution is 0.0923. The Hall–Kier alpha value is -1.72. The Morgan fingerprint density at radius 3 is 2.59 bits per heavy atom. The molecule has 0 N–H and O–H groups in total. The molecular formula is C16H15ClFN3O. The zero-order valence-corrected chi connectivity index (χ0v) is 12.7. The van der Waals surface area contributed by atoms with Gasteiger partial charge in [0.1, 0.15) is 17.7 Å². The summed E-state index contributed by atoms with van der Waals surface area (Å²) in [6, 6.07) is 6.31. The molecule has 1 aromatic carbocycles. The molecule has 0 spiro atoms. The van der Waals surface area contributed by atoms with E-state index in [0.717, 1.165) is 35.7 Å². The molecule has 1 saturated heterocycles. The molecule has 0 bridgehead atoms. The van der Waals surface area contributed by atoms with Gasteiger partial charge in [-0.15, -0.1) is 0 Å². The molecule has 0 saturated carbocycles. The summed E-state index contributed by atoms with van der Waals surface area (Å²) in [6.07, 6.45) is 2.02. The highest BCUT2D eigenvalue weighted by Crippen LogP contribution is 2.39. The van der Waals surface area contributed by atoms with Crippen molar-refractivity contribution in [1.82, 2.24) is 9.97 Å². The highest BCUT2D eigenvalue weighted by Gasteiger charge is 2.32. The molecule has 2 aromatic rings. The van der Waals surface area contributed by atoms with E-state index in [0.29, 0.717) is 6.61 Å². The van der Waals surface area contributed by atoms with E-state index in [-0.39, 0.29) is 17.2 Å². The van der Waals surface area contributed by atoms with Crippen LogP contribution < -0.4 is 4.90 Å². The molecule has 0 aliphatic carbocycles. The molecule has 1 fully saturated rings. The Morgan fingerprint density at radius 1 is 1.14 bits per heavy atom. The van der Waals surface area contributed by atoms with Crippen LogP contribution in [0, 0.1) is 5.82 Å². The molecule has 3 heterocycles. The SMILES string of the molecule is Fc1ccc(C2OCc3c2nc(Cl)nc3N2CCCC2)cc1. The van der Waals surface area contributed by atoms with E-state index in [9.17, 15) is 4.39 Å². The van der Waals surface area contributed by atoms with E-state index < -0.39 is 0 Å². The third kappa shape index (κ3) is 2.34. The lowest BCUT2D eigenvalue weighted by atomic mass is 10.0. The first-order chi connectivity index (χ1) is 10.7. The monoisotopic (exact) mass is 319 g/mol.